The van der Waals surface area contributed by atoms with Gasteiger partial charge in [0.25, 0.3) is 0 Å². The van der Waals surface area contributed by atoms with Crippen LogP contribution in [0.1, 0.15) is 29.7 Å². The third-order valence-corrected chi connectivity index (χ3v) is 6.34. The molecule has 2 fully saturated rings. The Hall–Kier alpha value is -2.37. The molecule has 2 aliphatic rings. The van der Waals surface area contributed by atoms with Crippen molar-refractivity contribution in [2.24, 2.45) is 11.8 Å². The van der Waals surface area contributed by atoms with Crippen molar-refractivity contribution in [2.75, 3.05) is 33.9 Å². The number of carbonyl (C=O) groups is 1. The van der Waals surface area contributed by atoms with Crippen LogP contribution < -0.4 is 4.74 Å². The quantitative estimate of drug-likeness (QED) is 0.752. The summed E-state index contributed by atoms with van der Waals surface area (Å²) in [5, 5.41) is 0. The van der Waals surface area contributed by atoms with Gasteiger partial charge in [-0.15, -0.1) is 0 Å². The van der Waals surface area contributed by atoms with Crippen LogP contribution in [0.15, 0.2) is 48.5 Å². The first-order valence-electron chi connectivity index (χ1n) is 10.3. The van der Waals surface area contributed by atoms with Gasteiger partial charge in [-0.1, -0.05) is 36.4 Å². The maximum Gasteiger partial charge on any atom is 0.219 e. The maximum atomic E-state index is 12.3. The number of carbonyl (C=O) groups excluding carboxylic acids is 1. The number of ether oxygens (including phenoxy) is 2. The van der Waals surface area contributed by atoms with Crippen molar-refractivity contribution in [3.05, 3.63) is 65.2 Å². The highest BCUT2D eigenvalue weighted by atomic mass is 16.5. The normalized spacial score (nSPS) is 24.0. The third kappa shape index (κ3) is 4.02. The summed E-state index contributed by atoms with van der Waals surface area (Å²) in [6.45, 7) is 6.06. The van der Waals surface area contributed by atoms with Crippen molar-refractivity contribution >= 4 is 5.91 Å². The van der Waals surface area contributed by atoms with Gasteiger partial charge in [-0.25, -0.2) is 0 Å². The molecule has 154 valence electrons. The Balaban J connectivity index is 1.50. The van der Waals surface area contributed by atoms with Gasteiger partial charge < -0.3 is 14.4 Å². The fourth-order valence-electron chi connectivity index (χ4n) is 5.12. The van der Waals surface area contributed by atoms with E-state index >= 15 is 0 Å². The van der Waals surface area contributed by atoms with Crippen LogP contribution in [0, 0.1) is 11.8 Å². The van der Waals surface area contributed by atoms with Crippen molar-refractivity contribution < 1.29 is 14.3 Å². The summed E-state index contributed by atoms with van der Waals surface area (Å²) < 4.78 is 10.8. The number of amides is 1. The van der Waals surface area contributed by atoms with Crippen molar-refractivity contribution in [1.82, 2.24) is 9.80 Å². The van der Waals surface area contributed by atoms with Crippen LogP contribution in [0.5, 0.6) is 5.75 Å². The van der Waals surface area contributed by atoms with Crippen LogP contribution >= 0.6 is 0 Å². The summed E-state index contributed by atoms with van der Waals surface area (Å²) in [6, 6.07) is 17.0. The fourth-order valence-corrected chi connectivity index (χ4v) is 5.12. The van der Waals surface area contributed by atoms with Crippen LogP contribution in [0.2, 0.25) is 0 Å². The summed E-state index contributed by atoms with van der Waals surface area (Å²) in [4.78, 5) is 16.9. The van der Waals surface area contributed by atoms with Crippen molar-refractivity contribution in [1.29, 1.82) is 0 Å². The Kier molecular flexibility index (Phi) is 5.88. The van der Waals surface area contributed by atoms with Crippen LogP contribution in [0.3, 0.4) is 0 Å². The SMILES string of the molecule is COCc1cc(CN2C[C@@H]3CN(C(C)=O)[C@@H](c4ccccc4)[C@@H]3C2)ccc1OC. The summed E-state index contributed by atoms with van der Waals surface area (Å²) >= 11 is 0. The van der Waals surface area contributed by atoms with Crippen molar-refractivity contribution in [2.45, 2.75) is 26.1 Å². The van der Waals surface area contributed by atoms with Crippen molar-refractivity contribution in [3.8, 4) is 5.75 Å². The highest BCUT2D eigenvalue weighted by Gasteiger charge is 2.48. The molecule has 4 rings (SSSR count). The average molecular weight is 395 g/mol. The van der Waals surface area contributed by atoms with E-state index in [1.54, 1.807) is 21.1 Å². The lowest BCUT2D eigenvalue weighted by Gasteiger charge is -2.29. The lowest BCUT2D eigenvalue weighted by molar-refractivity contribution is -0.130. The fraction of sp³-hybridized carbons (Fsp3) is 0.458. The van der Waals surface area contributed by atoms with Crippen molar-refractivity contribution in [3.63, 3.8) is 0 Å². The van der Waals surface area contributed by atoms with Gasteiger partial charge in [0.05, 0.1) is 19.8 Å². The van der Waals surface area contributed by atoms with Gasteiger partial charge in [0, 0.05) is 51.7 Å². The maximum absolute atomic E-state index is 12.3. The number of hydrogen-bond acceptors (Lipinski definition) is 4. The lowest BCUT2D eigenvalue weighted by Crippen LogP contribution is -2.34. The number of hydrogen-bond donors (Lipinski definition) is 0. The minimum Gasteiger partial charge on any atom is -0.496 e. The van der Waals surface area contributed by atoms with Crippen LogP contribution in [-0.2, 0) is 22.7 Å². The Labute approximate surface area is 173 Å². The second kappa shape index (κ2) is 8.56. The monoisotopic (exact) mass is 394 g/mol. The zero-order chi connectivity index (χ0) is 20.4. The molecule has 0 aliphatic carbocycles. The molecular formula is C24H30N2O3. The molecule has 29 heavy (non-hydrogen) atoms. The lowest BCUT2D eigenvalue weighted by atomic mass is 9.89. The molecule has 5 heteroatoms. The molecule has 1 amide bonds. The number of nitrogens with zero attached hydrogens (tertiary/aromatic N) is 2. The summed E-state index contributed by atoms with van der Waals surface area (Å²) in [7, 11) is 3.40. The molecule has 0 N–H and O–H groups in total. The highest BCUT2D eigenvalue weighted by Crippen LogP contribution is 2.45. The second-order valence-corrected chi connectivity index (χ2v) is 8.22. The summed E-state index contributed by atoms with van der Waals surface area (Å²) in [5.74, 6) is 2.06. The topological polar surface area (TPSA) is 42.0 Å². The van der Waals surface area contributed by atoms with Gasteiger partial charge >= 0.3 is 0 Å². The number of rotatable bonds is 6. The largest absolute Gasteiger partial charge is 0.496 e. The van der Waals surface area contributed by atoms with Crippen LogP contribution in [0.4, 0.5) is 0 Å². The van der Waals surface area contributed by atoms with E-state index in [9.17, 15) is 4.79 Å². The Morgan fingerprint density at radius 1 is 1.07 bits per heavy atom. The second-order valence-electron chi connectivity index (χ2n) is 8.22. The molecule has 0 bridgehead atoms. The molecular weight excluding hydrogens is 364 g/mol. The van der Waals surface area contributed by atoms with Crippen LogP contribution in [-0.4, -0.2) is 49.6 Å². The van der Waals surface area contributed by atoms with Gasteiger partial charge in [-0.2, -0.15) is 0 Å². The Morgan fingerprint density at radius 2 is 1.86 bits per heavy atom. The number of fused-ring (bicyclic) bond motifs is 1. The average Bonchev–Trinajstić information content (AvgIpc) is 3.26. The molecule has 0 saturated carbocycles. The van der Waals surface area contributed by atoms with E-state index in [2.05, 4.69) is 46.2 Å². The molecule has 2 heterocycles. The molecule has 0 unspecified atom stereocenters. The Bertz CT molecular complexity index is 854. The molecule has 0 radical (unpaired) electrons. The molecule has 2 aromatic carbocycles. The first-order chi connectivity index (χ1) is 14.1. The first kappa shape index (κ1) is 19.9. The zero-order valence-electron chi connectivity index (χ0n) is 17.5. The smallest absolute Gasteiger partial charge is 0.219 e. The van der Waals surface area contributed by atoms with Gasteiger partial charge in [0.15, 0.2) is 0 Å². The molecule has 2 aromatic rings. The minimum absolute atomic E-state index is 0.180. The molecule has 3 atom stereocenters. The van der Waals surface area contributed by atoms with E-state index in [1.807, 2.05) is 12.1 Å². The minimum atomic E-state index is 0.180. The molecule has 5 nitrogen and oxygen atoms in total. The zero-order valence-corrected chi connectivity index (χ0v) is 17.5. The summed E-state index contributed by atoms with van der Waals surface area (Å²) in [5.41, 5.74) is 3.61. The van der Waals surface area contributed by atoms with Gasteiger partial charge in [0.2, 0.25) is 5.91 Å². The molecule has 2 saturated heterocycles. The Morgan fingerprint density at radius 3 is 2.55 bits per heavy atom. The standard InChI is InChI=1S/C24H30N2O3/c1-17(27)26-14-21-13-25(15-22(21)24(26)19-7-5-4-6-8-19)12-18-9-10-23(29-3)20(11-18)16-28-2/h4-11,21-22,24H,12-16H2,1-3H3/t21-,22-,24+/m1/s1. The molecule has 0 aromatic heterocycles. The number of benzene rings is 2. The van der Waals surface area contributed by atoms with E-state index in [0.29, 0.717) is 18.4 Å². The highest BCUT2D eigenvalue weighted by molar-refractivity contribution is 5.74. The van der Waals surface area contributed by atoms with Gasteiger partial charge in [-0.3, -0.25) is 9.69 Å². The van der Waals surface area contributed by atoms with E-state index in [0.717, 1.165) is 37.5 Å². The van der Waals surface area contributed by atoms with E-state index < -0.39 is 0 Å². The number of likely N-dealkylation sites (tertiary alicyclic amines) is 2. The number of methoxy groups -OCH3 is 2. The van der Waals surface area contributed by atoms with E-state index in [4.69, 9.17) is 9.47 Å². The van der Waals surface area contributed by atoms with Gasteiger partial charge in [0.1, 0.15) is 5.75 Å². The summed E-state index contributed by atoms with van der Waals surface area (Å²) in [6.07, 6.45) is 0. The first-order valence-corrected chi connectivity index (χ1v) is 10.3. The predicted octanol–water partition coefficient (Wildman–Crippen LogP) is 3.49. The third-order valence-electron chi connectivity index (χ3n) is 6.34. The van der Waals surface area contributed by atoms with E-state index in [-0.39, 0.29) is 11.9 Å². The predicted molar refractivity (Wildman–Crippen MR) is 113 cm³/mol. The van der Waals surface area contributed by atoms with E-state index in [1.165, 1.54) is 11.1 Å². The van der Waals surface area contributed by atoms with Gasteiger partial charge in [-0.05, 0) is 29.2 Å². The molecule has 2 aliphatic heterocycles. The van der Waals surface area contributed by atoms with Crippen LogP contribution in [0.25, 0.3) is 0 Å². The molecule has 0 spiro atoms.